The minimum atomic E-state index is -0.00767. The standard InChI is InChI=1S/C15H19N5O.2ClH/c16-12-3-1-2-11(12)8-15(21)19-13-9-17-5-4-14(13)20-7-6-18-10-20;;/h4-7,9-12H,1-3,8,16H2,(H,19,21);2*1H/t11-,12+;;/m0../s1. The molecule has 0 saturated heterocycles. The second-order valence-electron chi connectivity index (χ2n) is 5.47. The van der Waals surface area contributed by atoms with Gasteiger partial charge in [0.05, 0.1) is 23.9 Å². The van der Waals surface area contributed by atoms with Crippen molar-refractivity contribution in [1.82, 2.24) is 14.5 Å². The Bertz CT molecular complexity index is 620. The van der Waals surface area contributed by atoms with Crippen LogP contribution in [0.1, 0.15) is 25.7 Å². The Morgan fingerprint density at radius 1 is 1.30 bits per heavy atom. The number of pyridine rings is 1. The molecule has 0 aliphatic heterocycles. The van der Waals surface area contributed by atoms with E-state index < -0.39 is 0 Å². The first-order chi connectivity index (χ1) is 10.2. The lowest BCUT2D eigenvalue weighted by Gasteiger charge is -2.16. The average Bonchev–Trinajstić information content (AvgIpc) is 3.12. The van der Waals surface area contributed by atoms with Gasteiger partial charge in [0.25, 0.3) is 0 Å². The summed E-state index contributed by atoms with van der Waals surface area (Å²) in [5.74, 6) is 0.282. The zero-order valence-corrected chi connectivity index (χ0v) is 14.2. The van der Waals surface area contributed by atoms with Crippen molar-refractivity contribution in [2.45, 2.75) is 31.7 Å². The zero-order valence-electron chi connectivity index (χ0n) is 12.6. The summed E-state index contributed by atoms with van der Waals surface area (Å²) in [6.07, 6.45) is 12.2. The highest BCUT2D eigenvalue weighted by Crippen LogP contribution is 2.27. The van der Waals surface area contributed by atoms with E-state index >= 15 is 0 Å². The largest absolute Gasteiger partial charge is 0.327 e. The minimum absolute atomic E-state index is 0. The molecule has 126 valence electrons. The van der Waals surface area contributed by atoms with Crippen LogP contribution in [0.5, 0.6) is 0 Å². The van der Waals surface area contributed by atoms with Crippen molar-refractivity contribution < 1.29 is 4.79 Å². The molecular weight excluding hydrogens is 337 g/mol. The number of hydrogen-bond acceptors (Lipinski definition) is 4. The Morgan fingerprint density at radius 3 is 2.78 bits per heavy atom. The first kappa shape index (κ1) is 19.4. The predicted molar refractivity (Wildman–Crippen MR) is 94.4 cm³/mol. The molecular formula is C15H21Cl2N5O. The third kappa shape index (κ3) is 4.67. The summed E-state index contributed by atoms with van der Waals surface area (Å²) < 4.78 is 1.85. The number of aromatic nitrogens is 3. The zero-order chi connectivity index (χ0) is 14.7. The van der Waals surface area contributed by atoms with Crippen LogP contribution < -0.4 is 11.1 Å². The summed E-state index contributed by atoms with van der Waals surface area (Å²) in [5, 5.41) is 2.94. The van der Waals surface area contributed by atoms with Gasteiger partial charge in [-0.05, 0) is 24.8 Å². The minimum Gasteiger partial charge on any atom is -0.327 e. The van der Waals surface area contributed by atoms with Crippen LogP contribution in [0.4, 0.5) is 5.69 Å². The average molecular weight is 358 g/mol. The molecule has 2 aromatic heterocycles. The van der Waals surface area contributed by atoms with Gasteiger partial charge in [0.15, 0.2) is 0 Å². The molecule has 0 bridgehead atoms. The highest BCUT2D eigenvalue weighted by atomic mass is 35.5. The van der Waals surface area contributed by atoms with Crippen LogP contribution in [0.25, 0.3) is 5.69 Å². The number of imidazole rings is 1. The monoisotopic (exact) mass is 357 g/mol. The van der Waals surface area contributed by atoms with Crippen LogP contribution in [0, 0.1) is 5.92 Å². The molecule has 1 aliphatic rings. The molecule has 3 rings (SSSR count). The fourth-order valence-corrected chi connectivity index (χ4v) is 2.87. The maximum atomic E-state index is 12.2. The van der Waals surface area contributed by atoms with Crippen LogP contribution in [0.15, 0.2) is 37.2 Å². The van der Waals surface area contributed by atoms with Crippen molar-refractivity contribution in [2.75, 3.05) is 5.32 Å². The van der Waals surface area contributed by atoms with E-state index in [1.807, 2.05) is 16.8 Å². The van der Waals surface area contributed by atoms with Gasteiger partial charge in [-0.25, -0.2) is 4.98 Å². The van der Waals surface area contributed by atoms with E-state index in [0.717, 1.165) is 24.9 Å². The van der Waals surface area contributed by atoms with E-state index in [0.29, 0.717) is 18.0 Å². The van der Waals surface area contributed by atoms with Crippen LogP contribution in [0.2, 0.25) is 0 Å². The second-order valence-corrected chi connectivity index (χ2v) is 5.47. The van der Waals surface area contributed by atoms with E-state index in [4.69, 9.17) is 5.73 Å². The van der Waals surface area contributed by atoms with Gasteiger partial charge in [-0.15, -0.1) is 24.8 Å². The number of carbonyl (C=O) groups excluding carboxylic acids is 1. The van der Waals surface area contributed by atoms with E-state index in [2.05, 4.69) is 15.3 Å². The number of amides is 1. The highest BCUT2D eigenvalue weighted by molar-refractivity contribution is 5.92. The summed E-state index contributed by atoms with van der Waals surface area (Å²) in [6.45, 7) is 0. The van der Waals surface area contributed by atoms with Crippen molar-refractivity contribution >= 4 is 36.4 Å². The van der Waals surface area contributed by atoms with Gasteiger partial charge >= 0.3 is 0 Å². The summed E-state index contributed by atoms with van der Waals surface area (Å²) in [6, 6.07) is 2.00. The lowest BCUT2D eigenvalue weighted by Crippen LogP contribution is -2.28. The molecule has 0 aromatic carbocycles. The van der Waals surface area contributed by atoms with Gasteiger partial charge in [-0.1, -0.05) is 6.42 Å². The lowest BCUT2D eigenvalue weighted by atomic mass is 10.00. The fraction of sp³-hybridized carbons (Fsp3) is 0.400. The molecule has 23 heavy (non-hydrogen) atoms. The van der Waals surface area contributed by atoms with E-state index in [9.17, 15) is 4.79 Å². The molecule has 2 atom stereocenters. The topological polar surface area (TPSA) is 85.8 Å². The van der Waals surface area contributed by atoms with Crippen molar-refractivity contribution in [3.8, 4) is 5.69 Å². The number of halogens is 2. The molecule has 8 heteroatoms. The molecule has 0 unspecified atom stereocenters. The van der Waals surface area contributed by atoms with Gasteiger partial charge < -0.3 is 15.6 Å². The van der Waals surface area contributed by atoms with Crippen molar-refractivity contribution in [3.05, 3.63) is 37.2 Å². The molecule has 1 aliphatic carbocycles. The van der Waals surface area contributed by atoms with Gasteiger partial charge in [0.1, 0.15) is 0 Å². The van der Waals surface area contributed by atoms with Crippen LogP contribution >= 0.6 is 24.8 Å². The Morgan fingerprint density at radius 2 is 2.13 bits per heavy atom. The molecule has 1 fully saturated rings. The van der Waals surface area contributed by atoms with Crippen LogP contribution in [0.3, 0.4) is 0 Å². The number of hydrogen-bond donors (Lipinski definition) is 2. The molecule has 6 nitrogen and oxygen atoms in total. The van der Waals surface area contributed by atoms with E-state index in [1.165, 1.54) is 0 Å². The van der Waals surface area contributed by atoms with Gasteiger partial charge in [-0.3, -0.25) is 9.78 Å². The summed E-state index contributed by atoms with van der Waals surface area (Å²) in [4.78, 5) is 20.3. The maximum absolute atomic E-state index is 12.2. The maximum Gasteiger partial charge on any atom is 0.224 e. The quantitative estimate of drug-likeness (QED) is 0.880. The van der Waals surface area contributed by atoms with Gasteiger partial charge in [0.2, 0.25) is 5.91 Å². The first-order valence-electron chi connectivity index (χ1n) is 7.22. The normalized spacial score (nSPS) is 19.5. The number of carbonyl (C=O) groups is 1. The molecule has 0 radical (unpaired) electrons. The van der Waals surface area contributed by atoms with Crippen molar-refractivity contribution in [1.29, 1.82) is 0 Å². The number of rotatable bonds is 4. The third-order valence-corrected chi connectivity index (χ3v) is 4.02. The van der Waals surface area contributed by atoms with Gasteiger partial charge in [0, 0.05) is 31.1 Å². The molecule has 2 aromatic rings. The Kier molecular flexibility index (Phi) is 7.48. The number of anilines is 1. The van der Waals surface area contributed by atoms with E-state index in [-0.39, 0.29) is 36.8 Å². The summed E-state index contributed by atoms with van der Waals surface area (Å²) in [7, 11) is 0. The van der Waals surface area contributed by atoms with Gasteiger partial charge in [-0.2, -0.15) is 0 Å². The number of nitrogens with one attached hydrogen (secondary N) is 1. The number of nitrogens with two attached hydrogens (primary N) is 1. The second kappa shape index (κ2) is 8.86. The lowest BCUT2D eigenvalue weighted by molar-refractivity contribution is -0.117. The van der Waals surface area contributed by atoms with Crippen molar-refractivity contribution in [2.24, 2.45) is 11.7 Å². The first-order valence-corrected chi connectivity index (χ1v) is 7.22. The molecule has 1 saturated carbocycles. The predicted octanol–water partition coefficient (Wildman–Crippen LogP) is 2.57. The third-order valence-electron chi connectivity index (χ3n) is 4.02. The number of nitrogens with zero attached hydrogens (tertiary/aromatic N) is 3. The molecule has 0 spiro atoms. The molecule has 1 amide bonds. The smallest absolute Gasteiger partial charge is 0.224 e. The molecule has 2 heterocycles. The fourth-order valence-electron chi connectivity index (χ4n) is 2.87. The van der Waals surface area contributed by atoms with E-state index in [1.54, 1.807) is 24.9 Å². The molecule has 3 N–H and O–H groups in total. The Hall–Kier alpha value is -1.63. The summed E-state index contributed by atoms with van der Waals surface area (Å²) >= 11 is 0. The SMILES string of the molecule is Cl.Cl.N[C@@H]1CCC[C@H]1CC(=O)Nc1cnccc1-n1ccnc1. The summed E-state index contributed by atoms with van der Waals surface area (Å²) in [5.41, 5.74) is 7.56. The van der Waals surface area contributed by atoms with Crippen LogP contribution in [-0.4, -0.2) is 26.5 Å². The highest BCUT2D eigenvalue weighted by Gasteiger charge is 2.26. The van der Waals surface area contributed by atoms with Crippen molar-refractivity contribution in [3.63, 3.8) is 0 Å². The Balaban J connectivity index is 0.00000132. The Labute approximate surface area is 147 Å². The van der Waals surface area contributed by atoms with Crippen LogP contribution in [-0.2, 0) is 4.79 Å².